The Hall–Kier alpha value is -1.10. The van der Waals surface area contributed by atoms with E-state index in [2.05, 4.69) is 5.32 Å². The minimum absolute atomic E-state index is 0.0115. The number of carbonyl (C=O) groups excluding carboxylic acids is 2. The monoisotopic (exact) mass is 445 g/mol. The fourth-order valence-electron chi connectivity index (χ4n) is 4.09. The van der Waals surface area contributed by atoms with Crippen molar-refractivity contribution in [1.29, 1.82) is 0 Å². The molecule has 28 heavy (non-hydrogen) atoms. The zero-order valence-corrected chi connectivity index (χ0v) is 18.5. The maximum atomic E-state index is 12.8. The van der Waals surface area contributed by atoms with Crippen molar-refractivity contribution in [2.75, 3.05) is 38.2 Å². The van der Waals surface area contributed by atoms with Crippen LogP contribution in [0.15, 0.2) is 21.7 Å². The Morgan fingerprint density at radius 1 is 1.36 bits per heavy atom. The van der Waals surface area contributed by atoms with Crippen molar-refractivity contribution in [2.45, 2.75) is 35.9 Å². The van der Waals surface area contributed by atoms with E-state index in [0.29, 0.717) is 43.2 Å². The molecule has 3 rings (SSSR count). The molecule has 0 aliphatic carbocycles. The summed E-state index contributed by atoms with van der Waals surface area (Å²) in [4.78, 5) is 25.6. The number of thiophene rings is 1. The van der Waals surface area contributed by atoms with Gasteiger partial charge in [-0.2, -0.15) is 16.1 Å². The van der Waals surface area contributed by atoms with Gasteiger partial charge in [0, 0.05) is 26.2 Å². The molecule has 10 heteroatoms. The molecule has 1 atom stereocenters. The van der Waals surface area contributed by atoms with Crippen molar-refractivity contribution in [3.05, 3.63) is 17.5 Å². The maximum Gasteiger partial charge on any atom is 0.252 e. The van der Waals surface area contributed by atoms with E-state index < -0.39 is 16.1 Å². The maximum absolute atomic E-state index is 12.8. The number of carbonyl (C=O) groups is 2. The summed E-state index contributed by atoms with van der Waals surface area (Å²) in [6.45, 7) is 2.30. The highest BCUT2D eigenvalue weighted by molar-refractivity contribution is 7.98. The Labute approximate surface area is 174 Å². The van der Waals surface area contributed by atoms with Crippen LogP contribution in [0.4, 0.5) is 0 Å². The number of thioether (sulfide) groups is 1. The summed E-state index contributed by atoms with van der Waals surface area (Å²) in [6, 6.07) is 2.93. The minimum Gasteiger partial charge on any atom is -0.347 e. The molecule has 2 saturated heterocycles. The first-order valence-electron chi connectivity index (χ1n) is 9.43. The largest absolute Gasteiger partial charge is 0.347 e. The molecule has 2 aliphatic heterocycles. The average molecular weight is 446 g/mol. The van der Waals surface area contributed by atoms with Crippen LogP contribution in [0.25, 0.3) is 0 Å². The fraction of sp³-hybridized carbons (Fsp3) is 0.667. The van der Waals surface area contributed by atoms with Crippen molar-refractivity contribution in [3.8, 4) is 0 Å². The van der Waals surface area contributed by atoms with Gasteiger partial charge < -0.3 is 10.2 Å². The van der Waals surface area contributed by atoms with Gasteiger partial charge in [0.1, 0.15) is 10.3 Å². The predicted octanol–water partition coefficient (Wildman–Crippen LogP) is 1.62. The van der Waals surface area contributed by atoms with E-state index in [0.717, 1.165) is 25.0 Å². The number of sulfonamides is 1. The van der Waals surface area contributed by atoms with Crippen molar-refractivity contribution in [3.63, 3.8) is 0 Å². The summed E-state index contributed by atoms with van der Waals surface area (Å²) >= 11 is 2.90. The highest BCUT2D eigenvalue weighted by Gasteiger charge is 2.45. The predicted molar refractivity (Wildman–Crippen MR) is 112 cm³/mol. The van der Waals surface area contributed by atoms with E-state index in [4.69, 9.17) is 0 Å². The van der Waals surface area contributed by atoms with Gasteiger partial charge >= 0.3 is 0 Å². The lowest BCUT2D eigenvalue weighted by molar-refractivity contribution is -0.134. The molecule has 0 aromatic carbocycles. The zero-order chi connectivity index (χ0) is 20.2. The van der Waals surface area contributed by atoms with Gasteiger partial charge in [-0.15, -0.1) is 11.3 Å². The molecule has 1 aromatic rings. The summed E-state index contributed by atoms with van der Waals surface area (Å²) in [7, 11) is -3.41. The van der Waals surface area contributed by atoms with Crippen LogP contribution in [0.1, 0.15) is 25.7 Å². The summed E-state index contributed by atoms with van der Waals surface area (Å²) in [5.74, 6) is 0.790. The van der Waals surface area contributed by atoms with Crippen LogP contribution in [0.2, 0.25) is 0 Å². The molecule has 2 aliphatic rings. The lowest BCUT2D eigenvalue weighted by Gasteiger charge is -2.38. The third-order valence-corrected chi connectivity index (χ3v) is 9.72. The summed E-state index contributed by atoms with van der Waals surface area (Å²) in [6.07, 6.45) is 5.61. The van der Waals surface area contributed by atoms with Crippen LogP contribution >= 0.6 is 23.1 Å². The first-order valence-corrected chi connectivity index (χ1v) is 13.1. The summed E-state index contributed by atoms with van der Waals surface area (Å²) in [5, 5.41) is 4.43. The Bertz CT molecular complexity index is 774. The molecule has 1 aromatic heterocycles. The molecule has 0 radical (unpaired) electrons. The molecule has 2 fully saturated rings. The molecule has 0 saturated carbocycles. The summed E-state index contributed by atoms with van der Waals surface area (Å²) in [5.41, 5.74) is -0.0115. The van der Waals surface area contributed by atoms with Crippen LogP contribution in [-0.4, -0.2) is 74.2 Å². The molecule has 2 amide bonds. The van der Waals surface area contributed by atoms with Crippen molar-refractivity contribution >= 4 is 45.4 Å². The van der Waals surface area contributed by atoms with Gasteiger partial charge in [-0.3, -0.25) is 9.59 Å². The van der Waals surface area contributed by atoms with Crippen LogP contribution in [-0.2, 0) is 19.6 Å². The van der Waals surface area contributed by atoms with E-state index in [9.17, 15) is 18.0 Å². The Morgan fingerprint density at radius 2 is 2.07 bits per heavy atom. The van der Waals surface area contributed by atoms with Gasteiger partial charge in [-0.05, 0) is 54.6 Å². The fourth-order valence-corrected chi connectivity index (χ4v) is 7.14. The van der Waals surface area contributed by atoms with Gasteiger partial charge in [-0.1, -0.05) is 6.07 Å². The average Bonchev–Trinajstić information content (AvgIpc) is 3.36. The number of hydrogen-bond acceptors (Lipinski definition) is 6. The molecular formula is C18H27N3O4S3. The highest BCUT2D eigenvalue weighted by atomic mass is 32.2. The van der Waals surface area contributed by atoms with E-state index in [1.165, 1.54) is 11.3 Å². The number of piperidine rings is 1. The first kappa shape index (κ1) is 21.6. The van der Waals surface area contributed by atoms with Crippen LogP contribution in [0.5, 0.6) is 0 Å². The van der Waals surface area contributed by atoms with E-state index >= 15 is 0 Å². The third kappa shape index (κ3) is 4.55. The lowest BCUT2D eigenvalue weighted by Crippen LogP contribution is -2.48. The number of amides is 2. The quantitative estimate of drug-likeness (QED) is 0.615. The molecule has 0 unspecified atom stereocenters. The molecular weight excluding hydrogens is 418 g/mol. The minimum atomic E-state index is -3.41. The van der Waals surface area contributed by atoms with Crippen molar-refractivity contribution in [1.82, 2.24) is 14.5 Å². The smallest absolute Gasteiger partial charge is 0.252 e. The Balaban J connectivity index is 1.59. The lowest BCUT2D eigenvalue weighted by atomic mass is 9.78. The molecule has 3 heterocycles. The number of nitrogens with one attached hydrogen (secondary N) is 1. The second-order valence-corrected chi connectivity index (χ2v) is 11.6. The second kappa shape index (κ2) is 9.15. The van der Waals surface area contributed by atoms with Crippen molar-refractivity contribution in [2.24, 2.45) is 5.41 Å². The molecule has 1 spiro atoms. The van der Waals surface area contributed by atoms with Crippen LogP contribution in [0.3, 0.4) is 0 Å². The zero-order valence-electron chi connectivity index (χ0n) is 16.0. The topological polar surface area (TPSA) is 86.8 Å². The number of rotatable bonds is 8. The van der Waals surface area contributed by atoms with Gasteiger partial charge in [0.25, 0.3) is 10.0 Å². The molecule has 7 nitrogen and oxygen atoms in total. The van der Waals surface area contributed by atoms with Crippen LogP contribution in [0, 0.1) is 5.41 Å². The van der Waals surface area contributed by atoms with Gasteiger partial charge in [-0.25, -0.2) is 8.42 Å². The Morgan fingerprint density at radius 3 is 2.68 bits per heavy atom. The van der Waals surface area contributed by atoms with Gasteiger partial charge in [0.2, 0.25) is 12.3 Å². The van der Waals surface area contributed by atoms with Crippen LogP contribution < -0.4 is 5.32 Å². The SMILES string of the molecule is CSCC[C@H](NC=O)C(=O)N1CCC2(CCN(S(=O)(=O)c3cccs3)CC2)C1. The van der Waals surface area contributed by atoms with Gasteiger partial charge in [0.05, 0.1) is 0 Å². The molecule has 1 N–H and O–H groups in total. The molecule has 156 valence electrons. The number of nitrogens with zero attached hydrogens (tertiary/aromatic N) is 2. The Kier molecular flexibility index (Phi) is 7.06. The standard InChI is InChI=1S/C18H27N3O4S3/c1-26-12-4-15(19-14-22)17(23)20-8-5-18(13-20)6-9-21(10-7-18)28(24,25)16-3-2-11-27-16/h2-3,11,14-15H,4-10,12-13H2,1H3,(H,19,22)/t15-/m0/s1. The first-order chi connectivity index (χ1) is 13.4. The normalized spacial score (nSPS) is 21.0. The highest BCUT2D eigenvalue weighted by Crippen LogP contribution is 2.41. The summed E-state index contributed by atoms with van der Waals surface area (Å²) < 4.78 is 27.4. The molecule has 0 bridgehead atoms. The van der Waals surface area contributed by atoms with Gasteiger partial charge in [0.15, 0.2) is 0 Å². The van der Waals surface area contributed by atoms with E-state index in [1.807, 2.05) is 11.2 Å². The third-order valence-electron chi connectivity index (χ3n) is 5.80. The number of hydrogen-bond donors (Lipinski definition) is 1. The van der Waals surface area contributed by atoms with Crippen molar-refractivity contribution < 1.29 is 18.0 Å². The number of likely N-dealkylation sites (tertiary alicyclic amines) is 1. The second-order valence-electron chi connectivity index (χ2n) is 7.46. The van der Waals surface area contributed by atoms with E-state index in [1.54, 1.807) is 33.6 Å². The van der Waals surface area contributed by atoms with E-state index in [-0.39, 0.29) is 11.3 Å².